The van der Waals surface area contributed by atoms with Gasteiger partial charge in [-0.25, -0.2) is 0 Å². The van der Waals surface area contributed by atoms with Gasteiger partial charge in [-0.3, -0.25) is 19.7 Å². The Morgan fingerprint density at radius 2 is 2.17 bits per heavy atom. The van der Waals surface area contributed by atoms with Crippen LogP contribution in [0.15, 0.2) is 18.2 Å². The third-order valence-electron chi connectivity index (χ3n) is 4.63. The molecule has 3 amide bonds. The molecule has 0 aromatic heterocycles. The monoisotopic (exact) mass is 330 g/mol. The number of piperidine rings is 1. The van der Waals surface area contributed by atoms with Gasteiger partial charge in [-0.1, -0.05) is 18.2 Å². The van der Waals surface area contributed by atoms with Crippen molar-refractivity contribution in [1.82, 2.24) is 15.5 Å². The van der Waals surface area contributed by atoms with Crippen molar-refractivity contribution < 1.29 is 14.4 Å². The van der Waals surface area contributed by atoms with E-state index in [2.05, 4.69) is 10.6 Å². The Hall–Kier alpha value is -2.25. The van der Waals surface area contributed by atoms with Gasteiger partial charge in [-0.05, 0) is 24.5 Å². The van der Waals surface area contributed by atoms with Gasteiger partial charge < -0.3 is 16.0 Å². The number of benzene rings is 1. The molecule has 7 heteroatoms. The van der Waals surface area contributed by atoms with E-state index < -0.39 is 6.04 Å². The number of fused-ring (bicyclic) bond motifs is 1. The molecule has 2 aliphatic rings. The van der Waals surface area contributed by atoms with Crippen molar-refractivity contribution in [2.45, 2.75) is 44.9 Å². The first-order chi connectivity index (χ1) is 11.5. The molecule has 0 radical (unpaired) electrons. The van der Waals surface area contributed by atoms with Crippen LogP contribution >= 0.6 is 0 Å². The first-order valence-electron chi connectivity index (χ1n) is 8.20. The van der Waals surface area contributed by atoms with Crippen molar-refractivity contribution in [3.05, 3.63) is 34.9 Å². The summed E-state index contributed by atoms with van der Waals surface area (Å²) in [5.41, 5.74) is 8.11. The molecule has 0 saturated carbocycles. The van der Waals surface area contributed by atoms with E-state index in [9.17, 15) is 14.4 Å². The van der Waals surface area contributed by atoms with Crippen LogP contribution in [0.2, 0.25) is 0 Å². The lowest BCUT2D eigenvalue weighted by atomic mass is 10.0. The predicted octanol–water partition coefficient (Wildman–Crippen LogP) is -0.116. The number of carbonyl (C=O) groups is 3. The molecule has 1 aromatic carbocycles. The van der Waals surface area contributed by atoms with Crippen molar-refractivity contribution >= 4 is 17.7 Å². The Balaban J connectivity index is 1.80. The SMILES string of the molecule is C[C@H](CN)NCc1cccc2c1C(=O)N(C1CCC(=O)NC1=O)C2. The molecule has 7 nitrogen and oxygen atoms in total. The average molecular weight is 330 g/mol. The lowest BCUT2D eigenvalue weighted by Gasteiger charge is -2.29. The Labute approximate surface area is 140 Å². The summed E-state index contributed by atoms with van der Waals surface area (Å²) < 4.78 is 0. The highest BCUT2D eigenvalue weighted by Gasteiger charge is 2.39. The van der Waals surface area contributed by atoms with Crippen LogP contribution in [-0.4, -0.2) is 41.2 Å². The Kier molecular flexibility index (Phi) is 4.64. The first kappa shape index (κ1) is 16.6. The molecule has 2 atom stereocenters. The van der Waals surface area contributed by atoms with Gasteiger partial charge in [-0.2, -0.15) is 0 Å². The van der Waals surface area contributed by atoms with Crippen molar-refractivity contribution in [3.63, 3.8) is 0 Å². The summed E-state index contributed by atoms with van der Waals surface area (Å²) in [5, 5.41) is 5.61. The molecule has 3 rings (SSSR count). The maximum atomic E-state index is 12.9. The summed E-state index contributed by atoms with van der Waals surface area (Å²) in [6, 6.07) is 5.33. The third kappa shape index (κ3) is 3.05. The largest absolute Gasteiger partial charge is 0.329 e. The molecule has 1 saturated heterocycles. The molecule has 24 heavy (non-hydrogen) atoms. The van der Waals surface area contributed by atoms with Crippen molar-refractivity contribution in [3.8, 4) is 0 Å². The summed E-state index contributed by atoms with van der Waals surface area (Å²) in [5.74, 6) is -0.804. The number of nitrogens with two attached hydrogens (primary N) is 1. The van der Waals surface area contributed by atoms with Crippen LogP contribution < -0.4 is 16.4 Å². The Morgan fingerprint density at radius 1 is 1.38 bits per heavy atom. The van der Waals surface area contributed by atoms with Crippen molar-refractivity contribution in [2.24, 2.45) is 5.73 Å². The zero-order valence-electron chi connectivity index (χ0n) is 13.7. The zero-order chi connectivity index (χ0) is 17.3. The average Bonchev–Trinajstić information content (AvgIpc) is 2.90. The van der Waals surface area contributed by atoms with Crippen molar-refractivity contribution in [1.29, 1.82) is 0 Å². The summed E-state index contributed by atoms with van der Waals surface area (Å²) in [7, 11) is 0. The predicted molar refractivity (Wildman–Crippen MR) is 87.8 cm³/mol. The zero-order valence-corrected chi connectivity index (χ0v) is 13.7. The number of amides is 3. The summed E-state index contributed by atoms with van der Waals surface area (Å²) in [6.45, 7) is 3.46. The normalized spacial score (nSPS) is 21.7. The molecular weight excluding hydrogens is 308 g/mol. The molecule has 1 unspecified atom stereocenters. The van der Waals surface area contributed by atoms with Gasteiger partial charge in [0.25, 0.3) is 5.91 Å². The summed E-state index contributed by atoms with van der Waals surface area (Å²) in [6.07, 6.45) is 0.640. The van der Waals surface area contributed by atoms with E-state index in [4.69, 9.17) is 5.73 Å². The fourth-order valence-corrected chi connectivity index (χ4v) is 3.20. The molecule has 0 bridgehead atoms. The van der Waals surface area contributed by atoms with Crippen LogP contribution in [-0.2, 0) is 22.7 Å². The maximum Gasteiger partial charge on any atom is 0.255 e. The minimum atomic E-state index is -0.577. The van der Waals surface area contributed by atoms with E-state index in [0.717, 1.165) is 11.1 Å². The standard InChI is InChI=1S/C17H22N4O3/c1-10(7-18)19-8-11-3-2-4-12-9-21(17(24)15(11)12)13-5-6-14(22)20-16(13)23/h2-4,10,13,19H,5-9,18H2,1H3,(H,20,22,23)/t10-,13?/m1/s1. The third-order valence-corrected chi connectivity index (χ3v) is 4.63. The summed E-state index contributed by atoms with van der Waals surface area (Å²) in [4.78, 5) is 37.8. The van der Waals surface area contributed by atoms with Crippen LogP contribution in [0.5, 0.6) is 0 Å². The Morgan fingerprint density at radius 3 is 2.88 bits per heavy atom. The molecule has 2 heterocycles. The molecule has 1 aromatic rings. The smallest absolute Gasteiger partial charge is 0.255 e. The van der Waals surface area contributed by atoms with Crippen LogP contribution in [0.25, 0.3) is 0 Å². The second-order valence-corrected chi connectivity index (χ2v) is 6.37. The summed E-state index contributed by atoms with van der Waals surface area (Å²) >= 11 is 0. The van der Waals surface area contributed by atoms with E-state index in [-0.39, 0.29) is 30.2 Å². The van der Waals surface area contributed by atoms with Gasteiger partial charge in [0, 0.05) is 37.7 Å². The molecule has 1 fully saturated rings. The number of hydrogen-bond acceptors (Lipinski definition) is 5. The molecular formula is C17H22N4O3. The van der Waals surface area contributed by atoms with Gasteiger partial charge in [0.05, 0.1) is 0 Å². The number of nitrogens with zero attached hydrogens (tertiary/aromatic N) is 1. The molecule has 0 aliphatic carbocycles. The van der Waals surface area contributed by atoms with Crippen LogP contribution in [0, 0.1) is 0 Å². The van der Waals surface area contributed by atoms with E-state index in [1.165, 1.54) is 0 Å². The molecule has 2 aliphatic heterocycles. The highest BCUT2D eigenvalue weighted by Crippen LogP contribution is 2.29. The van der Waals surface area contributed by atoms with Gasteiger partial charge in [0.1, 0.15) is 6.04 Å². The lowest BCUT2D eigenvalue weighted by Crippen LogP contribution is -2.52. The van der Waals surface area contributed by atoms with Crippen LogP contribution in [0.1, 0.15) is 41.3 Å². The fourth-order valence-electron chi connectivity index (χ4n) is 3.20. The quantitative estimate of drug-likeness (QED) is 0.653. The molecule has 4 N–H and O–H groups in total. The molecule has 128 valence electrons. The number of carbonyl (C=O) groups excluding carboxylic acids is 3. The van der Waals surface area contributed by atoms with Gasteiger partial charge in [-0.15, -0.1) is 0 Å². The van der Waals surface area contributed by atoms with E-state index in [1.807, 2.05) is 25.1 Å². The van der Waals surface area contributed by atoms with Crippen molar-refractivity contribution in [2.75, 3.05) is 6.54 Å². The highest BCUT2D eigenvalue weighted by molar-refractivity contribution is 6.05. The number of hydrogen-bond donors (Lipinski definition) is 3. The van der Waals surface area contributed by atoms with E-state index in [1.54, 1.807) is 4.90 Å². The van der Waals surface area contributed by atoms with E-state index >= 15 is 0 Å². The number of nitrogens with one attached hydrogen (secondary N) is 2. The topological polar surface area (TPSA) is 105 Å². The second kappa shape index (κ2) is 6.70. The number of imide groups is 1. The van der Waals surface area contributed by atoms with Crippen LogP contribution in [0.3, 0.4) is 0 Å². The Bertz CT molecular complexity index is 688. The maximum absolute atomic E-state index is 12.9. The minimum Gasteiger partial charge on any atom is -0.329 e. The van der Waals surface area contributed by atoms with E-state index in [0.29, 0.717) is 31.6 Å². The lowest BCUT2D eigenvalue weighted by molar-refractivity contribution is -0.136. The van der Waals surface area contributed by atoms with Gasteiger partial charge in [0.15, 0.2) is 0 Å². The van der Waals surface area contributed by atoms with Gasteiger partial charge in [0.2, 0.25) is 11.8 Å². The molecule has 0 spiro atoms. The first-order valence-corrected chi connectivity index (χ1v) is 8.20. The fraction of sp³-hybridized carbons (Fsp3) is 0.471. The number of rotatable bonds is 5. The highest BCUT2D eigenvalue weighted by atomic mass is 16.2. The van der Waals surface area contributed by atoms with Gasteiger partial charge >= 0.3 is 0 Å². The van der Waals surface area contributed by atoms with Crippen LogP contribution in [0.4, 0.5) is 0 Å². The second-order valence-electron chi connectivity index (χ2n) is 6.37. The minimum absolute atomic E-state index is 0.141.